The Morgan fingerprint density at radius 2 is 1.97 bits per heavy atom. The van der Waals surface area contributed by atoms with E-state index < -0.39 is 37.1 Å². The SMILES string of the molecule is COC(=O)c1ccc[n+](-c2ncnc3c2ncn3C2OC(CO)C(O)C2O)c1.[Ac].[Ac].[Ac]. The fourth-order valence-corrected chi connectivity index (χ4v) is 3.17. The van der Waals surface area contributed by atoms with Crippen molar-refractivity contribution in [3.63, 3.8) is 0 Å². The van der Waals surface area contributed by atoms with Gasteiger partial charge in [0.15, 0.2) is 11.9 Å². The number of nitrogens with zero attached hydrogens (tertiary/aromatic N) is 5. The summed E-state index contributed by atoms with van der Waals surface area (Å²) in [6, 6.07) is 3.28. The maximum absolute atomic E-state index is 11.8. The molecule has 0 amide bonds. The maximum atomic E-state index is 11.8. The molecular formula is C17H18Ac3N5O6+. The number of methoxy groups -OCH3 is 1. The maximum Gasteiger partial charge on any atom is 0.359 e. The van der Waals surface area contributed by atoms with Crippen LogP contribution in [-0.4, -0.2) is 72.8 Å². The molecule has 3 N–H and O–H groups in total. The Morgan fingerprint density at radius 1 is 1.23 bits per heavy atom. The summed E-state index contributed by atoms with van der Waals surface area (Å²) in [6.07, 6.45) is 1.60. The van der Waals surface area contributed by atoms with Crippen molar-refractivity contribution in [2.45, 2.75) is 24.5 Å². The van der Waals surface area contributed by atoms with Crippen LogP contribution < -0.4 is 4.57 Å². The molecule has 31 heavy (non-hydrogen) atoms. The molecule has 11 nitrogen and oxygen atoms in total. The zero-order chi connectivity index (χ0) is 19.8. The second-order valence-corrected chi connectivity index (χ2v) is 6.24. The average molecular weight is 1070 g/mol. The van der Waals surface area contributed by atoms with E-state index in [0.717, 1.165) is 0 Å². The van der Waals surface area contributed by atoms with Crippen molar-refractivity contribution in [3.05, 3.63) is 42.7 Å². The van der Waals surface area contributed by atoms with Crippen LogP contribution in [0.3, 0.4) is 0 Å². The van der Waals surface area contributed by atoms with Gasteiger partial charge in [-0.1, -0.05) is 0 Å². The number of hydrogen-bond donors (Lipinski definition) is 3. The summed E-state index contributed by atoms with van der Waals surface area (Å²) in [5.74, 6) is -0.0852. The first-order valence-electron chi connectivity index (χ1n) is 8.45. The number of esters is 1. The Labute approximate surface area is 284 Å². The number of fused-ring (bicyclic) bond motifs is 1. The van der Waals surface area contributed by atoms with Crippen LogP contribution in [-0.2, 0) is 9.47 Å². The summed E-state index contributed by atoms with van der Waals surface area (Å²) in [5, 5.41) is 29.5. The van der Waals surface area contributed by atoms with Crippen LogP contribution in [0.2, 0.25) is 0 Å². The summed E-state index contributed by atoms with van der Waals surface area (Å²) in [5.41, 5.74) is 1.09. The van der Waals surface area contributed by atoms with Crippen molar-refractivity contribution in [3.8, 4) is 5.82 Å². The van der Waals surface area contributed by atoms with Gasteiger partial charge in [0.2, 0.25) is 11.8 Å². The van der Waals surface area contributed by atoms with Crippen LogP contribution in [0.25, 0.3) is 17.0 Å². The smallest absolute Gasteiger partial charge is 0.359 e. The Bertz CT molecular complexity index is 1040. The number of carbonyl (C=O) groups is 1. The Kier molecular flexibility index (Phi) is 13.2. The molecule has 4 heterocycles. The molecule has 3 radical (unpaired) electrons. The molecule has 0 spiro atoms. The predicted molar refractivity (Wildman–Crippen MR) is 91.2 cm³/mol. The number of rotatable bonds is 4. The number of carbonyl (C=O) groups excluding carboxylic acids is 1. The summed E-state index contributed by atoms with van der Waals surface area (Å²) in [4.78, 5) is 24.5. The molecule has 4 unspecified atom stereocenters. The van der Waals surface area contributed by atoms with Crippen molar-refractivity contribution >= 4 is 17.1 Å². The summed E-state index contributed by atoms with van der Waals surface area (Å²) >= 11 is 0. The monoisotopic (exact) mass is 1070 g/mol. The molecule has 3 aromatic rings. The number of ether oxygens (including phenoxy) is 2. The van der Waals surface area contributed by atoms with Gasteiger partial charge in [-0.05, 0) is 17.1 Å². The Morgan fingerprint density at radius 3 is 2.61 bits per heavy atom. The second kappa shape index (κ2) is 13.4. The third-order valence-electron chi connectivity index (χ3n) is 4.60. The van der Waals surface area contributed by atoms with Gasteiger partial charge in [0.1, 0.15) is 24.5 Å². The normalized spacial score (nSPS) is 22.2. The van der Waals surface area contributed by atoms with Crippen LogP contribution in [0.5, 0.6) is 0 Å². The summed E-state index contributed by atoms with van der Waals surface area (Å²) in [7, 11) is 1.30. The van der Waals surface area contributed by atoms with Gasteiger partial charge in [0.05, 0.1) is 31.8 Å². The van der Waals surface area contributed by atoms with Gasteiger partial charge in [-0.15, -0.1) is 0 Å². The van der Waals surface area contributed by atoms with Gasteiger partial charge in [-0.2, -0.15) is 4.98 Å². The van der Waals surface area contributed by atoms with E-state index in [4.69, 9.17) is 9.47 Å². The number of aliphatic hydroxyl groups is 3. The Hall–Kier alpha value is 1.33. The molecule has 0 saturated carbocycles. The molecule has 1 fully saturated rings. The number of hydrogen-bond acceptors (Lipinski definition) is 9. The molecule has 0 aliphatic carbocycles. The first-order valence-corrected chi connectivity index (χ1v) is 8.45. The fraction of sp³-hybridized carbons (Fsp3) is 0.353. The molecule has 1 aliphatic heterocycles. The number of aliphatic hydroxyl groups excluding tert-OH is 3. The van der Waals surface area contributed by atoms with Crippen molar-refractivity contribution in [2.24, 2.45) is 0 Å². The van der Waals surface area contributed by atoms with Crippen LogP contribution in [0.4, 0.5) is 0 Å². The van der Waals surface area contributed by atoms with E-state index >= 15 is 0 Å². The number of pyridine rings is 1. The molecular weight excluding hydrogens is 1050 g/mol. The van der Waals surface area contributed by atoms with Crippen LogP contribution in [0.1, 0.15) is 16.6 Å². The van der Waals surface area contributed by atoms with Gasteiger partial charge in [0, 0.05) is 132 Å². The van der Waals surface area contributed by atoms with Gasteiger partial charge in [0.25, 0.3) is 0 Å². The zero-order valence-electron chi connectivity index (χ0n) is 16.5. The van der Waals surface area contributed by atoms with Crippen molar-refractivity contribution in [1.82, 2.24) is 19.5 Å². The van der Waals surface area contributed by atoms with Crippen molar-refractivity contribution in [2.75, 3.05) is 13.7 Å². The quantitative estimate of drug-likeness (QED) is 0.211. The molecule has 0 bridgehead atoms. The number of aromatic nitrogens is 5. The van der Waals surface area contributed by atoms with E-state index in [2.05, 4.69) is 15.0 Å². The predicted octanol–water partition coefficient (Wildman–Crippen LogP) is -1.50. The van der Waals surface area contributed by atoms with E-state index in [-0.39, 0.29) is 132 Å². The van der Waals surface area contributed by atoms with Crippen molar-refractivity contribution < 1.29 is 166 Å². The molecule has 155 valence electrons. The van der Waals surface area contributed by atoms with E-state index in [1.807, 2.05) is 0 Å². The average Bonchev–Trinajstić information content (AvgIpc) is 3.28. The molecule has 1 saturated heterocycles. The second-order valence-electron chi connectivity index (χ2n) is 6.24. The van der Waals surface area contributed by atoms with Gasteiger partial charge < -0.3 is 24.8 Å². The molecule has 4 rings (SSSR count). The van der Waals surface area contributed by atoms with E-state index in [9.17, 15) is 20.1 Å². The third kappa shape index (κ3) is 6.13. The van der Waals surface area contributed by atoms with E-state index in [1.54, 1.807) is 29.1 Å². The molecule has 1 aliphatic rings. The van der Waals surface area contributed by atoms with Crippen molar-refractivity contribution in [1.29, 1.82) is 0 Å². The minimum absolute atomic E-state index is 0. The largest absolute Gasteiger partial charge is 0.465 e. The molecule has 4 atom stereocenters. The van der Waals surface area contributed by atoms with E-state index in [0.29, 0.717) is 22.5 Å². The zero-order valence-corrected chi connectivity index (χ0v) is 30.8. The standard InChI is InChI=1S/C17H18N5O6.3Ac/c1-27-17(26)9-3-2-4-21(5-9)14-11-15(19-7-18-14)22(8-20-11)16-13(25)12(24)10(6-23)28-16;;;/h2-5,7-8,10,12-13,16,23-25H,6H2,1H3;;;/q+1;;;. The number of imidazole rings is 1. The topological polar surface area (TPSA) is 144 Å². The fourth-order valence-electron chi connectivity index (χ4n) is 3.17. The molecule has 3 aromatic heterocycles. The molecule has 0 aromatic carbocycles. The van der Waals surface area contributed by atoms with Crippen LogP contribution in [0.15, 0.2) is 37.2 Å². The molecule has 14 heteroatoms. The van der Waals surface area contributed by atoms with E-state index in [1.165, 1.54) is 24.3 Å². The van der Waals surface area contributed by atoms with Gasteiger partial charge >= 0.3 is 11.8 Å². The summed E-state index contributed by atoms with van der Waals surface area (Å²) < 4.78 is 13.3. The van der Waals surface area contributed by atoms with Crippen LogP contribution >= 0.6 is 0 Å². The minimum atomic E-state index is -1.26. The van der Waals surface area contributed by atoms with Gasteiger partial charge in [-0.3, -0.25) is 4.57 Å². The van der Waals surface area contributed by atoms with Crippen LogP contribution in [0, 0.1) is 132 Å². The first-order chi connectivity index (χ1) is 13.5. The minimum Gasteiger partial charge on any atom is -0.465 e. The third-order valence-corrected chi connectivity index (χ3v) is 4.60. The summed E-state index contributed by atoms with van der Waals surface area (Å²) in [6.45, 7) is -0.433. The Balaban J connectivity index is 0.00000160. The van der Waals surface area contributed by atoms with Gasteiger partial charge in [-0.25, -0.2) is 14.3 Å². The first kappa shape index (κ1) is 30.4.